The molecule has 0 saturated heterocycles. The van der Waals surface area contributed by atoms with E-state index in [0.29, 0.717) is 30.0 Å². The van der Waals surface area contributed by atoms with Crippen LogP contribution in [0.5, 0.6) is 0 Å². The number of aromatic nitrogens is 2. The van der Waals surface area contributed by atoms with E-state index in [1.54, 1.807) is 12.1 Å². The molecule has 0 amide bonds. The van der Waals surface area contributed by atoms with Crippen LogP contribution in [0.15, 0.2) is 49.3 Å². The van der Waals surface area contributed by atoms with Gasteiger partial charge in [-0.15, -0.1) is 6.58 Å². The molecule has 3 rings (SSSR count). The largest absolute Gasteiger partial charge is 0.374 e. The number of nitriles is 1. The van der Waals surface area contributed by atoms with Crippen LogP contribution >= 0.6 is 0 Å². The summed E-state index contributed by atoms with van der Waals surface area (Å²) in [6.07, 6.45) is 10.4. The van der Waals surface area contributed by atoms with Crippen LogP contribution in [0.4, 0.5) is 0 Å². The molecule has 1 aliphatic carbocycles. The van der Waals surface area contributed by atoms with Gasteiger partial charge in [0.05, 0.1) is 24.3 Å². The standard InChI is InChI=1S/C20H21N3O/c1-2-11-24-19-9-7-16(8-10-19)18-13-22-20(23-14-18)17-5-3-15(12-21)4-6-17/h2-6,13-14,16,19H,1,7-11H2/t16-,19-. The fourth-order valence-corrected chi connectivity index (χ4v) is 3.16. The molecule has 0 unspecified atom stereocenters. The van der Waals surface area contributed by atoms with Crippen molar-refractivity contribution in [1.82, 2.24) is 9.97 Å². The van der Waals surface area contributed by atoms with E-state index in [1.165, 1.54) is 5.56 Å². The van der Waals surface area contributed by atoms with Gasteiger partial charge in [0, 0.05) is 18.0 Å². The highest BCUT2D eigenvalue weighted by Gasteiger charge is 2.23. The molecule has 0 aliphatic heterocycles. The molecule has 1 aliphatic rings. The molecule has 0 bridgehead atoms. The molecule has 1 heterocycles. The van der Waals surface area contributed by atoms with Crippen LogP contribution in [-0.4, -0.2) is 22.7 Å². The molecule has 0 N–H and O–H groups in total. The van der Waals surface area contributed by atoms with Gasteiger partial charge in [0.25, 0.3) is 0 Å². The van der Waals surface area contributed by atoms with Gasteiger partial charge < -0.3 is 4.74 Å². The second-order valence-electron chi connectivity index (χ2n) is 6.12. The summed E-state index contributed by atoms with van der Waals surface area (Å²) < 4.78 is 5.74. The second kappa shape index (κ2) is 7.85. The minimum Gasteiger partial charge on any atom is -0.374 e. The van der Waals surface area contributed by atoms with E-state index in [1.807, 2.05) is 30.6 Å². The van der Waals surface area contributed by atoms with E-state index < -0.39 is 0 Å². The molecule has 122 valence electrons. The van der Waals surface area contributed by atoms with E-state index in [0.717, 1.165) is 31.2 Å². The summed E-state index contributed by atoms with van der Waals surface area (Å²) in [4.78, 5) is 9.02. The lowest BCUT2D eigenvalue weighted by Gasteiger charge is -2.28. The van der Waals surface area contributed by atoms with Gasteiger partial charge in [0.15, 0.2) is 5.82 Å². The van der Waals surface area contributed by atoms with Crippen molar-refractivity contribution in [3.05, 3.63) is 60.4 Å². The Hall–Kier alpha value is -2.51. The first-order valence-corrected chi connectivity index (χ1v) is 8.35. The van der Waals surface area contributed by atoms with Gasteiger partial charge in [0.1, 0.15) is 0 Å². The summed E-state index contributed by atoms with van der Waals surface area (Å²) in [5, 5.41) is 8.85. The molecule has 1 aromatic carbocycles. The van der Waals surface area contributed by atoms with Crippen molar-refractivity contribution in [3.8, 4) is 17.5 Å². The third-order valence-electron chi connectivity index (χ3n) is 4.54. The minimum absolute atomic E-state index is 0.359. The average Bonchev–Trinajstić information content (AvgIpc) is 2.67. The highest BCUT2D eigenvalue weighted by Crippen LogP contribution is 2.33. The Balaban J connectivity index is 1.62. The Labute approximate surface area is 142 Å². The highest BCUT2D eigenvalue weighted by atomic mass is 16.5. The van der Waals surface area contributed by atoms with Gasteiger partial charge in [-0.05, 0) is 61.4 Å². The Morgan fingerprint density at radius 2 is 1.79 bits per heavy atom. The van der Waals surface area contributed by atoms with Crippen molar-refractivity contribution < 1.29 is 4.74 Å². The van der Waals surface area contributed by atoms with Gasteiger partial charge >= 0.3 is 0 Å². The Morgan fingerprint density at radius 1 is 1.12 bits per heavy atom. The molecule has 0 radical (unpaired) electrons. The molecule has 24 heavy (non-hydrogen) atoms. The Kier molecular flexibility index (Phi) is 5.35. The molecule has 0 atom stereocenters. The van der Waals surface area contributed by atoms with Gasteiger partial charge in [-0.1, -0.05) is 6.08 Å². The SMILES string of the molecule is C=CCO[C@H]1CC[C@H](c2cnc(-c3ccc(C#N)cc3)nc2)CC1. The van der Waals surface area contributed by atoms with Crippen LogP contribution in [0.1, 0.15) is 42.7 Å². The number of rotatable bonds is 5. The van der Waals surface area contributed by atoms with Crippen molar-refractivity contribution in [2.45, 2.75) is 37.7 Å². The summed E-state index contributed by atoms with van der Waals surface area (Å²) in [7, 11) is 0. The molecule has 1 saturated carbocycles. The predicted molar refractivity (Wildman–Crippen MR) is 93.3 cm³/mol. The Morgan fingerprint density at radius 3 is 2.38 bits per heavy atom. The molecule has 1 aromatic heterocycles. The summed E-state index contributed by atoms with van der Waals surface area (Å²) >= 11 is 0. The lowest BCUT2D eigenvalue weighted by Crippen LogP contribution is -2.21. The number of hydrogen-bond acceptors (Lipinski definition) is 4. The zero-order valence-electron chi connectivity index (χ0n) is 13.7. The van der Waals surface area contributed by atoms with Crippen molar-refractivity contribution >= 4 is 0 Å². The first kappa shape index (κ1) is 16.4. The van der Waals surface area contributed by atoms with E-state index in [2.05, 4.69) is 22.6 Å². The molecule has 2 aromatic rings. The average molecular weight is 319 g/mol. The van der Waals surface area contributed by atoms with E-state index in [-0.39, 0.29) is 0 Å². The first-order chi connectivity index (χ1) is 11.8. The van der Waals surface area contributed by atoms with Crippen molar-refractivity contribution in [1.29, 1.82) is 5.26 Å². The van der Waals surface area contributed by atoms with E-state index >= 15 is 0 Å². The van der Waals surface area contributed by atoms with Gasteiger partial charge in [0.2, 0.25) is 0 Å². The van der Waals surface area contributed by atoms with Crippen molar-refractivity contribution in [2.75, 3.05) is 6.61 Å². The van der Waals surface area contributed by atoms with Crippen LogP contribution in [0.3, 0.4) is 0 Å². The smallest absolute Gasteiger partial charge is 0.159 e. The zero-order chi connectivity index (χ0) is 16.8. The first-order valence-electron chi connectivity index (χ1n) is 8.35. The van der Waals surface area contributed by atoms with Gasteiger partial charge in [-0.3, -0.25) is 0 Å². The number of hydrogen-bond donors (Lipinski definition) is 0. The lowest BCUT2D eigenvalue weighted by molar-refractivity contribution is 0.0423. The second-order valence-corrected chi connectivity index (χ2v) is 6.12. The molecule has 0 spiro atoms. The monoisotopic (exact) mass is 319 g/mol. The van der Waals surface area contributed by atoms with Crippen LogP contribution in [0, 0.1) is 11.3 Å². The number of benzene rings is 1. The maximum Gasteiger partial charge on any atom is 0.159 e. The normalized spacial score (nSPS) is 20.3. The third kappa shape index (κ3) is 3.87. The quantitative estimate of drug-likeness (QED) is 0.773. The molecule has 4 heteroatoms. The van der Waals surface area contributed by atoms with Crippen LogP contribution in [0.25, 0.3) is 11.4 Å². The maximum absolute atomic E-state index is 8.85. The molecular formula is C20H21N3O. The minimum atomic E-state index is 0.359. The summed E-state index contributed by atoms with van der Waals surface area (Å²) in [6, 6.07) is 9.46. The summed E-state index contributed by atoms with van der Waals surface area (Å²) in [5.74, 6) is 1.22. The zero-order valence-corrected chi connectivity index (χ0v) is 13.7. The van der Waals surface area contributed by atoms with Gasteiger partial charge in [-0.2, -0.15) is 5.26 Å². The maximum atomic E-state index is 8.85. The Bertz CT molecular complexity index is 708. The lowest BCUT2D eigenvalue weighted by atomic mass is 9.84. The fourth-order valence-electron chi connectivity index (χ4n) is 3.16. The predicted octanol–water partition coefficient (Wildman–Crippen LogP) is 4.24. The molecule has 4 nitrogen and oxygen atoms in total. The van der Waals surface area contributed by atoms with Crippen LogP contribution in [0.2, 0.25) is 0 Å². The number of ether oxygens (including phenoxy) is 1. The van der Waals surface area contributed by atoms with Crippen LogP contribution in [-0.2, 0) is 4.74 Å². The van der Waals surface area contributed by atoms with E-state index in [4.69, 9.17) is 10.00 Å². The fraction of sp³-hybridized carbons (Fsp3) is 0.350. The molecule has 1 fully saturated rings. The van der Waals surface area contributed by atoms with E-state index in [9.17, 15) is 0 Å². The topological polar surface area (TPSA) is 58.8 Å². The summed E-state index contributed by atoms with van der Waals surface area (Å²) in [5.41, 5.74) is 2.78. The van der Waals surface area contributed by atoms with Crippen molar-refractivity contribution in [3.63, 3.8) is 0 Å². The van der Waals surface area contributed by atoms with Gasteiger partial charge in [-0.25, -0.2) is 9.97 Å². The molecular weight excluding hydrogens is 298 g/mol. The summed E-state index contributed by atoms with van der Waals surface area (Å²) in [6.45, 7) is 4.33. The van der Waals surface area contributed by atoms with Crippen LogP contribution < -0.4 is 0 Å². The highest BCUT2D eigenvalue weighted by molar-refractivity contribution is 5.56. The number of nitrogens with zero attached hydrogens (tertiary/aromatic N) is 3. The third-order valence-corrected chi connectivity index (χ3v) is 4.54. The van der Waals surface area contributed by atoms with Crippen molar-refractivity contribution in [2.24, 2.45) is 0 Å².